The Bertz CT molecular complexity index is 327. The highest BCUT2D eigenvalue weighted by Crippen LogP contribution is 2.19. The van der Waals surface area contributed by atoms with Crippen molar-refractivity contribution in [2.75, 3.05) is 19.4 Å². The van der Waals surface area contributed by atoms with Crippen molar-refractivity contribution >= 4 is 18.0 Å². The van der Waals surface area contributed by atoms with E-state index >= 15 is 0 Å². The summed E-state index contributed by atoms with van der Waals surface area (Å²) in [5.41, 5.74) is 3.26. The van der Waals surface area contributed by atoms with Crippen LogP contribution in [0.4, 0.5) is 5.69 Å². The fraction of sp³-hybridized carbons (Fsp3) is 0.182. The largest absolute Gasteiger partial charge is 0.388 e. The third-order valence-corrected chi connectivity index (χ3v) is 1.88. The van der Waals surface area contributed by atoms with Gasteiger partial charge in [0.2, 0.25) is 0 Å². The molecule has 0 amide bonds. The van der Waals surface area contributed by atoms with Gasteiger partial charge in [0.1, 0.15) is 0 Å². The van der Waals surface area contributed by atoms with Gasteiger partial charge in [0.15, 0.2) is 0 Å². The molecule has 0 saturated heterocycles. The Morgan fingerprint density at radius 1 is 1.46 bits per heavy atom. The quantitative estimate of drug-likeness (QED) is 0.699. The van der Waals surface area contributed by atoms with Gasteiger partial charge >= 0.3 is 0 Å². The summed E-state index contributed by atoms with van der Waals surface area (Å²) in [6, 6.07) is 6.03. The topological polar surface area (TPSA) is 24.4 Å². The number of benzene rings is 1. The Morgan fingerprint density at radius 2 is 2.23 bits per heavy atom. The smallest absolute Gasteiger partial charge is 0.0417 e. The van der Waals surface area contributed by atoms with Crippen LogP contribution in [0.3, 0.4) is 0 Å². The molecule has 1 aromatic rings. The highest BCUT2D eigenvalue weighted by atomic mass is 14.8. The molecule has 2 nitrogen and oxygen atoms in total. The van der Waals surface area contributed by atoms with Crippen LogP contribution in [0.5, 0.6) is 0 Å². The van der Waals surface area contributed by atoms with E-state index in [1.54, 1.807) is 7.05 Å². The van der Waals surface area contributed by atoms with E-state index in [0.717, 1.165) is 16.8 Å². The normalized spacial score (nSPS) is 10.3. The second-order valence-electron chi connectivity index (χ2n) is 2.65. The molecule has 0 saturated carbocycles. The molecule has 0 heterocycles. The van der Waals surface area contributed by atoms with E-state index in [0.29, 0.717) is 0 Å². The van der Waals surface area contributed by atoms with Gasteiger partial charge in [0, 0.05) is 37.1 Å². The summed E-state index contributed by atoms with van der Waals surface area (Å²) >= 11 is 0. The number of hydrogen-bond donors (Lipinski definition) is 1. The predicted molar refractivity (Wildman–Crippen MR) is 59.6 cm³/mol. The molecule has 1 rings (SSSR count). The van der Waals surface area contributed by atoms with E-state index in [-0.39, 0.29) is 0 Å². The van der Waals surface area contributed by atoms with E-state index < -0.39 is 0 Å². The summed E-state index contributed by atoms with van der Waals surface area (Å²) in [4.78, 5) is 3.99. The third-order valence-electron chi connectivity index (χ3n) is 1.88. The van der Waals surface area contributed by atoms with Crippen molar-refractivity contribution in [2.45, 2.75) is 0 Å². The average molecular weight is 174 g/mol. The summed E-state index contributed by atoms with van der Waals surface area (Å²) in [6.07, 6.45) is 3.67. The van der Waals surface area contributed by atoms with Gasteiger partial charge in [-0.15, -0.1) is 0 Å². The molecule has 0 fully saturated rings. The molecular formula is C11H14N2. The molecule has 0 radical (unpaired) electrons. The molecule has 68 valence electrons. The fourth-order valence-electron chi connectivity index (χ4n) is 1.28. The summed E-state index contributed by atoms with van der Waals surface area (Å²) < 4.78 is 0. The molecule has 1 N–H and O–H groups in total. The summed E-state index contributed by atoms with van der Waals surface area (Å²) in [7, 11) is 3.66. The van der Waals surface area contributed by atoms with E-state index in [1.165, 1.54) is 0 Å². The van der Waals surface area contributed by atoms with E-state index in [1.807, 2.05) is 37.5 Å². The summed E-state index contributed by atoms with van der Waals surface area (Å²) in [5.74, 6) is 0. The van der Waals surface area contributed by atoms with Gasteiger partial charge < -0.3 is 5.32 Å². The number of aliphatic imine (C=N–C) groups is 1. The minimum Gasteiger partial charge on any atom is -0.388 e. The van der Waals surface area contributed by atoms with Crippen molar-refractivity contribution in [1.29, 1.82) is 0 Å². The molecule has 0 bridgehead atoms. The van der Waals surface area contributed by atoms with Crippen LogP contribution in [0.2, 0.25) is 0 Å². The molecule has 13 heavy (non-hydrogen) atoms. The van der Waals surface area contributed by atoms with Crippen molar-refractivity contribution < 1.29 is 0 Å². The Kier molecular flexibility index (Phi) is 3.26. The van der Waals surface area contributed by atoms with Crippen molar-refractivity contribution in [3.63, 3.8) is 0 Å². The van der Waals surface area contributed by atoms with Gasteiger partial charge in [0.25, 0.3) is 0 Å². The van der Waals surface area contributed by atoms with E-state index in [4.69, 9.17) is 0 Å². The van der Waals surface area contributed by atoms with Crippen LogP contribution in [-0.2, 0) is 0 Å². The minimum absolute atomic E-state index is 1.08. The van der Waals surface area contributed by atoms with Crippen LogP contribution >= 0.6 is 0 Å². The molecule has 0 aliphatic rings. The van der Waals surface area contributed by atoms with Crippen molar-refractivity contribution in [1.82, 2.24) is 0 Å². The first-order valence-corrected chi connectivity index (χ1v) is 4.19. The molecule has 0 aliphatic heterocycles. The number of anilines is 1. The highest BCUT2D eigenvalue weighted by molar-refractivity contribution is 5.89. The van der Waals surface area contributed by atoms with Crippen LogP contribution in [0.15, 0.2) is 29.8 Å². The first-order valence-electron chi connectivity index (χ1n) is 4.19. The number of rotatable bonds is 3. The molecule has 0 atom stereocenters. The lowest BCUT2D eigenvalue weighted by Gasteiger charge is -2.07. The van der Waals surface area contributed by atoms with Crippen LogP contribution in [0.1, 0.15) is 11.1 Å². The van der Waals surface area contributed by atoms with E-state index in [9.17, 15) is 0 Å². The van der Waals surface area contributed by atoms with Gasteiger partial charge in [-0.2, -0.15) is 0 Å². The second-order valence-corrected chi connectivity index (χ2v) is 2.65. The standard InChI is InChI=1S/C11H14N2/c1-4-10-9(8-12-2)6-5-7-11(10)13-3/h4-8,13H,1H2,2-3H3. The highest BCUT2D eigenvalue weighted by Gasteiger charge is 2.00. The first kappa shape index (κ1) is 9.52. The van der Waals surface area contributed by atoms with Gasteiger partial charge in [-0.25, -0.2) is 0 Å². The Morgan fingerprint density at radius 3 is 2.77 bits per heavy atom. The van der Waals surface area contributed by atoms with Crippen LogP contribution in [-0.4, -0.2) is 20.3 Å². The molecule has 0 aromatic heterocycles. The second kappa shape index (κ2) is 4.45. The van der Waals surface area contributed by atoms with Gasteiger partial charge in [-0.1, -0.05) is 24.8 Å². The zero-order valence-electron chi connectivity index (χ0n) is 8.04. The number of hydrogen-bond acceptors (Lipinski definition) is 2. The first-order chi connectivity index (χ1) is 6.33. The Hall–Kier alpha value is -1.57. The molecule has 1 aromatic carbocycles. The molecule has 0 aliphatic carbocycles. The Labute approximate surface area is 79.0 Å². The maximum Gasteiger partial charge on any atom is 0.0417 e. The predicted octanol–water partition coefficient (Wildman–Crippen LogP) is 2.42. The number of nitrogens with one attached hydrogen (secondary N) is 1. The SMILES string of the molecule is C=Cc1c(C=NC)cccc1NC. The lowest BCUT2D eigenvalue weighted by molar-refractivity contribution is 1.44. The molecule has 0 unspecified atom stereocenters. The van der Waals surface area contributed by atoms with Crippen LogP contribution in [0, 0.1) is 0 Å². The van der Waals surface area contributed by atoms with E-state index in [2.05, 4.69) is 16.9 Å². The maximum atomic E-state index is 3.99. The molecular weight excluding hydrogens is 160 g/mol. The number of nitrogens with zero attached hydrogens (tertiary/aromatic N) is 1. The van der Waals surface area contributed by atoms with Crippen LogP contribution in [0.25, 0.3) is 6.08 Å². The zero-order chi connectivity index (χ0) is 9.68. The summed E-state index contributed by atoms with van der Waals surface area (Å²) in [6.45, 7) is 3.78. The van der Waals surface area contributed by atoms with Gasteiger partial charge in [0.05, 0.1) is 0 Å². The monoisotopic (exact) mass is 174 g/mol. The fourth-order valence-corrected chi connectivity index (χ4v) is 1.28. The molecule has 0 spiro atoms. The van der Waals surface area contributed by atoms with Crippen molar-refractivity contribution in [3.8, 4) is 0 Å². The van der Waals surface area contributed by atoms with Gasteiger partial charge in [-0.05, 0) is 6.07 Å². The van der Waals surface area contributed by atoms with Crippen LogP contribution < -0.4 is 5.32 Å². The third kappa shape index (κ3) is 1.96. The average Bonchev–Trinajstić information content (AvgIpc) is 2.18. The molecule has 2 heteroatoms. The lowest BCUT2D eigenvalue weighted by Crippen LogP contribution is -1.95. The summed E-state index contributed by atoms with van der Waals surface area (Å²) in [5, 5.41) is 3.11. The Balaban J connectivity index is 3.26. The maximum absolute atomic E-state index is 3.99. The zero-order valence-corrected chi connectivity index (χ0v) is 8.04. The van der Waals surface area contributed by atoms with Gasteiger partial charge in [-0.3, -0.25) is 4.99 Å². The minimum atomic E-state index is 1.08. The van der Waals surface area contributed by atoms with Crippen molar-refractivity contribution in [3.05, 3.63) is 35.9 Å². The van der Waals surface area contributed by atoms with Crippen molar-refractivity contribution in [2.24, 2.45) is 4.99 Å². The lowest BCUT2D eigenvalue weighted by atomic mass is 10.1.